The van der Waals surface area contributed by atoms with E-state index < -0.39 is 5.97 Å². The molecule has 0 unspecified atom stereocenters. The maximum atomic E-state index is 12.0. The van der Waals surface area contributed by atoms with Crippen molar-refractivity contribution in [3.05, 3.63) is 83.5 Å². The van der Waals surface area contributed by atoms with Crippen LogP contribution in [0.2, 0.25) is 0 Å². The first-order chi connectivity index (χ1) is 20.2. The molecule has 42 heavy (non-hydrogen) atoms. The van der Waals surface area contributed by atoms with E-state index in [1.54, 1.807) is 0 Å². The molecule has 0 fully saturated rings. The number of nitrogens with zero attached hydrogens (tertiary/aromatic N) is 4. The normalized spacial score (nSPS) is 14.1. The van der Waals surface area contributed by atoms with Gasteiger partial charge >= 0.3 is 5.97 Å². The van der Waals surface area contributed by atoms with Crippen LogP contribution >= 0.6 is 11.8 Å². The highest BCUT2D eigenvalue weighted by atomic mass is 32.2. The topological polar surface area (TPSA) is 78.8 Å². The quantitative estimate of drug-likeness (QED) is 0.128. The number of para-hydroxylation sites is 2. The third-order valence-corrected chi connectivity index (χ3v) is 8.97. The molecule has 4 aromatic rings. The van der Waals surface area contributed by atoms with Gasteiger partial charge in [0.2, 0.25) is 17.3 Å². The molecule has 0 atom stereocenters. The number of aromatic hydroxyl groups is 2. The van der Waals surface area contributed by atoms with Gasteiger partial charge in [-0.2, -0.15) is 4.57 Å². The van der Waals surface area contributed by atoms with Gasteiger partial charge in [-0.05, 0) is 49.1 Å². The second-order valence-electron chi connectivity index (χ2n) is 11.4. The molecule has 0 aliphatic carbocycles. The molecular weight excluding hydrogens is 548 g/mol. The summed E-state index contributed by atoms with van der Waals surface area (Å²) in [5.41, 5.74) is 3.72. The summed E-state index contributed by atoms with van der Waals surface area (Å²) in [6, 6.07) is 21.9. The van der Waals surface area contributed by atoms with Crippen molar-refractivity contribution in [2.45, 2.75) is 43.5 Å². The molecule has 3 heterocycles. The van der Waals surface area contributed by atoms with Gasteiger partial charge in [0.05, 0.1) is 49.7 Å². The van der Waals surface area contributed by atoms with Crippen LogP contribution in [0.1, 0.15) is 37.7 Å². The highest BCUT2D eigenvalue weighted by molar-refractivity contribution is 8.03. The number of carbonyl (C=O) groups is 1. The molecule has 8 nitrogen and oxygen atoms in total. The van der Waals surface area contributed by atoms with Crippen molar-refractivity contribution in [1.82, 2.24) is 4.73 Å². The SMILES string of the molecule is CN1C(=Cc2cc[n+](CCC[N+](C)(C)CCCCCC(=O)On3c(O)ccc3O)c3ccccc23)Sc2ccccc21. The van der Waals surface area contributed by atoms with Gasteiger partial charge in [-0.15, -0.1) is 4.73 Å². The minimum Gasteiger partial charge on any atom is -0.492 e. The van der Waals surface area contributed by atoms with E-state index in [1.807, 2.05) is 11.8 Å². The average Bonchev–Trinajstić information content (AvgIpc) is 3.46. The fourth-order valence-electron chi connectivity index (χ4n) is 5.42. The Morgan fingerprint density at radius 2 is 1.64 bits per heavy atom. The fourth-order valence-corrected chi connectivity index (χ4v) is 6.52. The number of quaternary nitrogens is 1. The maximum absolute atomic E-state index is 12.0. The molecule has 0 bridgehead atoms. The molecule has 0 radical (unpaired) electrons. The first kappa shape index (κ1) is 29.5. The van der Waals surface area contributed by atoms with E-state index in [1.165, 1.54) is 44.2 Å². The Kier molecular flexibility index (Phi) is 9.09. The van der Waals surface area contributed by atoms with E-state index in [-0.39, 0.29) is 18.2 Å². The molecule has 2 aromatic carbocycles. The van der Waals surface area contributed by atoms with Crippen LogP contribution in [0.25, 0.3) is 17.0 Å². The Bertz CT molecular complexity index is 1580. The van der Waals surface area contributed by atoms with Crippen LogP contribution < -0.4 is 14.3 Å². The van der Waals surface area contributed by atoms with Crippen LogP contribution in [0.15, 0.2) is 82.9 Å². The predicted octanol–water partition coefficient (Wildman–Crippen LogP) is 5.56. The molecule has 9 heteroatoms. The zero-order valence-electron chi connectivity index (χ0n) is 24.6. The molecule has 0 amide bonds. The van der Waals surface area contributed by atoms with Gasteiger partial charge in [0.15, 0.2) is 12.7 Å². The monoisotopic (exact) mass is 588 g/mol. The van der Waals surface area contributed by atoms with Crippen LogP contribution in [-0.4, -0.2) is 59.6 Å². The number of benzene rings is 2. The lowest BCUT2D eigenvalue weighted by atomic mass is 10.1. The third-order valence-electron chi connectivity index (χ3n) is 7.81. The van der Waals surface area contributed by atoms with Gasteiger partial charge in [-0.3, -0.25) is 0 Å². The summed E-state index contributed by atoms with van der Waals surface area (Å²) in [4.78, 5) is 20.6. The smallest absolute Gasteiger partial charge is 0.333 e. The number of aromatic nitrogens is 2. The van der Waals surface area contributed by atoms with Gasteiger partial charge in [0.25, 0.3) is 0 Å². The van der Waals surface area contributed by atoms with E-state index in [0.29, 0.717) is 6.42 Å². The van der Waals surface area contributed by atoms with Crippen molar-refractivity contribution >= 4 is 40.4 Å². The standard InChI is InChI=1S/C33H38N4O4S/c1-34-28-14-8-9-15-29(28)42-32(34)24-25-19-21-35(27-13-7-6-12-26(25)27)20-11-23-37(2,3)22-10-4-5-16-33(40)41-36-30(38)17-18-31(36)39/h6-9,12-15,17-19,21,24H,4-5,10-11,16,20,22-23H2,1-3H3/p+2. The number of rotatable bonds is 12. The van der Waals surface area contributed by atoms with E-state index >= 15 is 0 Å². The molecule has 1 aliphatic rings. The minimum atomic E-state index is -0.476. The Morgan fingerprint density at radius 1 is 0.929 bits per heavy atom. The number of unbranched alkanes of at least 4 members (excludes halogenated alkanes) is 2. The number of hydrogen-bond acceptors (Lipinski definition) is 6. The zero-order valence-corrected chi connectivity index (χ0v) is 25.4. The van der Waals surface area contributed by atoms with Crippen molar-refractivity contribution in [2.75, 3.05) is 39.1 Å². The van der Waals surface area contributed by atoms with Crippen molar-refractivity contribution < 1.29 is 28.9 Å². The molecule has 5 rings (SSSR count). The lowest BCUT2D eigenvalue weighted by molar-refractivity contribution is -0.892. The van der Waals surface area contributed by atoms with Crippen LogP contribution in [0, 0.1) is 0 Å². The summed E-state index contributed by atoms with van der Waals surface area (Å²) in [7, 11) is 6.66. The second kappa shape index (κ2) is 12.9. The number of aryl methyl sites for hydroxylation is 1. The highest BCUT2D eigenvalue weighted by Crippen LogP contribution is 2.45. The van der Waals surface area contributed by atoms with Crippen molar-refractivity contribution in [2.24, 2.45) is 0 Å². The Hall–Kier alpha value is -3.95. The number of hydrogen-bond donors (Lipinski definition) is 2. The van der Waals surface area contributed by atoms with Gasteiger partial charge in [0.1, 0.15) is 0 Å². The Labute approximate surface area is 251 Å². The van der Waals surface area contributed by atoms with Crippen molar-refractivity contribution in [1.29, 1.82) is 0 Å². The first-order valence-electron chi connectivity index (χ1n) is 14.5. The largest absolute Gasteiger partial charge is 0.492 e. The van der Waals surface area contributed by atoms with Crippen LogP contribution in [0.3, 0.4) is 0 Å². The fraction of sp³-hybridized carbons (Fsp3) is 0.333. The van der Waals surface area contributed by atoms with Crippen LogP contribution in [-0.2, 0) is 11.3 Å². The van der Waals surface area contributed by atoms with Gasteiger partial charge in [-0.25, -0.2) is 4.79 Å². The minimum absolute atomic E-state index is 0.239. The van der Waals surface area contributed by atoms with Gasteiger partial charge in [-0.1, -0.05) is 36.0 Å². The molecule has 0 saturated carbocycles. The summed E-state index contributed by atoms with van der Waals surface area (Å²) in [5.74, 6) is -1.08. The van der Waals surface area contributed by atoms with Crippen LogP contribution in [0.4, 0.5) is 5.69 Å². The first-order valence-corrected chi connectivity index (χ1v) is 15.3. The predicted molar refractivity (Wildman–Crippen MR) is 167 cm³/mol. The van der Waals surface area contributed by atoms with E-state index in [2.05, 4.69) is 97.5 Å². The summed E-state index contributed by atoms with van der Waals surface area (Å²) < 4.78 is 4.02. The van der Waals surface area contributed by atoms with Crippen molar-refractivity contribution in [3.63, 3.8) is 0 Å². The molecule has 1 aliphatic heterocycles. The number of thioether (sulfide) groups is 1. The number of pyridine rings is 1. The molecule has 0 saturated heterocycles. The van der Waals surface area contributed by atoms with Crippen LogP contribution in [0.5, 0.6) is 11.8 Å². The Morgan fingerprint density at radius 3 is 2.43 bits per heavy atom. The average molecular weight is 589 g/mol. The zero-order chi connectivity index (χ0) is 29.7. The van der Waals surface area contributed by atoms with E-state index in [9.17, 15) is 15.0 Å². The molecule has 2 N–H and O–H groups in total. The maximum Gasteiger partial charge on any atom is 0.333 e. The van der Waals surface area contributed by atoms with Crippen molar-refractivity contribution in [3.8, 4) is 11.8 Å². The summed E-state index contributed by atoms with van der Waals surface area (Å²) in [6.45, 7) is 3.03. The summed E-state index contributed by atoms with van der Waals surface area (Å²) >= 11 is 1.82. The number of fused-ring (bicyclic) bond motifs is 2. The van der Waals surface area contributed by atoms with Gasteiger partial charge < -0.3 is 24.4 Å². The van der Waals surface area contributed by atoms with E-state index in [4.69, 9.17) is 4.84 Å². The summed E-state index contributed by atoms with van der Waals surface area (Å²) in [6.07, 6.45) is 8.44. The molecule has 2 aromatic heterocycles. The lowest BCUT2D eigenvalue weighted by Gasteiger charge is -2.29. The highest BCUT2D eigenvalue weighted by Gasteiger charge is 2.22. The number of carbonyl (C=O) groups excluding carboxylic acids is 1. The Balaban J connectivity index is 1.11. The third kappa shape index (κ3) is 6.91. The second-order valence-corrected chi connectivity index (χ2v) is 12.5. The number of anilines is 1. The van der Waals surface area contributed by atoms with Gasteiger partial charge in [0, 0.05) is 42.6 Å². The molecule has 0 spiro atoms. The lowest BCUT2D eigenvalue weighted by Crippen LogP contribution is -2.44. The van der Waals surface area contributed by atoms with E-state index in [0.717, 1.165) is 48.1 Å². The molecular formula is C33H40N4O4S+2. The summed E-state index contributed by atoms with van der Waals surface area (Å²) in [5, 5.41) is 21.7. The molecule has 220 valence electrons.